The number of halogens is 1. The number of ether oxygens (including phenoxy) is 1. The molecule has 0 unspecified atom stereocenters. The Morgan fingerprint density at radius 3 is 2.26 bits per heavy atom. The van der Waals surface area contributed by atoms with Crippen molar-refractivity contribution in [2.45, 2.75) is 6.92 Å². The molecule has 0 radical (unpaired) electrons. The van der Waals surface area contributed by atoms with E-state index in [1.54, 1.807) is 60.7 Å². The van der Waals surface area contributed by atoms with Gasteiger partial charge >= 0.3 is 17.8 Å². The number of carbonyl (C=O) groups is 3. The first-order valence-corrected chi connectivity index (χ1v) is 9.58. The molecular formula is C23H18ClN3O4. The van der Waals surface area contributed by atoms with Crippen molar-refractivity contribution in [3.8, 4) is 5.75 Å². The molecule has 8 heteroatoms. The first-order chi connectivity index (χ1) is 14.9. The van der Waals surface area contributed by atoms with Crippen molar-refractivity contribution in [3.05, 3.63) is 94.5 Å². The van der Waals surface area contributed by atoms with Gasteiger partial charge in [-0.3, -0.25) is 9.59 Å². The molecule has 0 bridgehead atoms. The van der Waals surface area contributed by atoms with Crippen molar-refractivity contribution in [1.29, 1.82) is 0 Å². The third kappa shape index (κ3) is 6.25. The van der Waals surface area contributed by atoms with E-state index in [0.717, 1.165) is 5.56 Å². The van der Waals surface area contributed by atoms with Crippen molar-refractivity contribution in [2.75, 3.05) is 5.32 Å². The Balaban J connectivity index is 1.51. The number of amides is 2. The summed E-state index contributed by atoms with van der Waals surface area (Å²) in [6.07, 6.45) is 1.36. The van der Waals surface area contributed by atoms with Gasteiger partial charge in [0.2, 0.25) is 0 Å². The summed E-state index contributed by atoms with van der Waals surface area (Å²) in [5.74, 6) is -1.98. The molecule has 156 valence electrons. The van der Waals surface area contributed by atoms with E-state index >= 15 is 0 Å². The van der Waals surface area contributed by atoms with Crippen LogP contribution in [0.25, 0.3) is 0 Å². The van der Waals surface area contributed by atoms with E-state index < -0.39 is 17.8 Å². The van der Waals surface area contributed by atoms with Crippen LogP contribution in [0.3, 0.4) is 0 Å². The summed E-state index contributed by atoms with van der Waals surface area (Å²) >= 11 is 5.99. The van der Waals surface area contributed by atoms with Crippen LogP contribution in [0.1, 0.15) is 21.5 Å². The summed E-state index contributed by atoms with van der Waals surface area (Å²) in [6, 6.07) is 20.0. The standard InChI is InChI=1S/C23H18ClN3O4/c1-15-6-10-17(11-7-15)26-21(28)22(29)27-25-14-16-8-12-18(13-9-16)31-23(30)19-4-2-3-5-20(19)24/h2-14H,1H3,(H,26,28)(H,27,29)/b25-14+. The molecule has 31 heavy (non-hydrogen) atoms. The van der Waals surface area contributed by atoms with Gasteiger partial charge in [0.05, 0.1) is 16.8 Å². The van der Waals surface area contributed by atoms with Crippen LogP contribution in [-0.2, 0) is 9.59 Å². The smallest absolute Gasteiger partial charge is 0.345 e. The minimum absolute atomic E-state index is 0.265. The van der Waals surface area contributed by atoms with Crippen LogP contribution in [0.2, 0.25) is 5.02 Å². The molecule has 2 amide bonds. The minimum atomic E-state index is -0.901. The lowest BCUT2D eigenvalue weighted by Crippen LogP contribution is -2.32. The maximum absolute atomic E-state index is 12.2. The molecule has 7 nitrogen and oxygen atoms in total. The molecule has 3 aromatic carbocycles. The van der Waals surface area contributed by atoms with E-state index in [9.17, 15) is 14.4 Å². The Morgan fingerprint density at radius 2 is 1.58 bits per heavy atom. The fourth-order valence-corrected chi connectivity index (χ4v) is 2.66. The predicted octanol–water partition coefficient (Wildman–Crippen LogP) is 3.96. The summed E-state index contributed by atoms with van der Waals surface area (Å²) in [5.41, 5.74) is 4.59. The first-order valence-electron chi connectivity index (χ1n) is 9.20. The normalized spacial score (nSPS) is 10.5. The van der Waals surface area contributed by atoms with Crippen molar-refractivity contribution in [1.82, 2.24) is 5.43 Å². The van der Waals surface area contributed by atoms with Crippen LogP contribution >= 0.6 is 11.6 Å². The number of hydrogen-bond acceptors (Lipinski definition) is 5. The molecule has 0 aliphatic carbocycles. The highest BCUT2D eigenvalue weighted by Crippen LogP contribution is 2.19. The molecule has 2 N–H and O–H groups in total. The topological polar surface area (TPSA) is 96.9 Å². The average molecular weight is 436 g/mol. The second-order valence-electron chi connectivity index (χ2n) is 6.46. The monoisotopic (exact) mass is 435 g/mol. The fraction of sp³-hybridized carbons (Fsp3) is 0.0435. The van der Waals surface area contributed by atoms with Gasteiger partial charge in [-0.2, -0.15) is 5.10 Å². The van der Waals surface area contributed by atoms with Crippen LogP contribution in [0.4, 0.5) is 5.69 Å². The molecule has 0 fully saturated rings. The molecule has 3 rings (SSSR count). The van der Waals surface area contributed by atoms with Gasteiger partial charge in [-0.1, -0.05) is 41.4 Å². The molecule has 0 aliphatic rings. The number of esters is 1. The third-order valence-electron chi connectivity index (χ3n) is 4.08. The molecule has 0 atom stereocenters. The van der Waals surface area contributed by atoms with Gasteiger partial charge in [0.25, 0.3) is 0 Å². The van der Waals surface area contributed by atoms with Crippen molar-refractivity contribution in [3.63, 3.8) is 0 Å². The summed E-state index contributed by atoms with van der Waals surface area (Å²) in [4.78, 5) is 35.9. The maximum atomic E-state index is 12.2. The molecular weight excluding hydrogens is 418 g/mol. The quantitative estimate of drug-likeness (QED) is 0.208. The molecule has 0 spiro atoms. The van der Waals surface area contributed by atoms with Gasteiger partial charge in [-0.05, 0) is 61.0 Å². The minimum Gasteiger partial charge on any atom is -0.423 e. The number of hydrogen-bond donors (Lipinski definition) is 2. The van der Waals surface area contributed by atoms with Crippen LogP contribution in [0, 0.1) is 6.92 Å². The second-order valence-corrected chi connectivity index (χ2v) is 6.86. The zero-order chi connectivity index (χ0) is 22.2. The van der Waals surface area contributed by atoms with Crippen LogP contribution in [-0.4, -0.2) is 24.0 Å². The zero-order valence-electron chi connectivity index (χ0n) is 16.5. The van der Waals surface area contributed by atoms with Gasteiger partial charge in [0.1, 0.15) is 5.75 Å². The van der Waals surface area contributed by atoms with Crippen molar-refractivity contribution in [2.24, 2.45) is 5.10 Å². The number of nitrogens with zero attached hydrogens (tertiary/aromatic N) is 1. The molecule has 0 aromatic heterocycles. The number of rotatable bonds is 5. The average Bonchev–Trinajstić information content (AvgIpc) is 2.76. The van der Waals surface area contributed by atoms with E-state index in [1.807, 2.05) is 19.1 Å². The molecule has 0 saturated carbocycles. The Morgan fingerprint density at radius 1 is 0.903 bits per heavy atom. The fourth-order valence-electron chi connectivity index (χ4n) is 2.45. The first kappa shape index (κ1) is 21.7. The highest BCUT2D eigenvalue weighted by atomic mass is 35.5. The summed E-state index contributed by atoms with van der Waals surface area (Å²) in [6.45, 7) is 1.92. The number of benzene rings is 3. The third-order valence-corrected chi connectivity index (χ3v) is 4.41. The van der Waals surface area contributed by atoms with E-state index in [2.05, 4.69) is 15.8 Å². The highest BCUT2D eigenvalue weighted by Gasteiger charge is 2.13. The van der Waals surface area contributed by atoms with Crippen LogP contribution in [0.15, 0.2) is 77.9 Å². The Bertz CT molecular complexity index is 1130. The summed E-state index contributed by atoms with van der Waals surface area (Å²) in [5, 5.41) is 6.54. The number of carbonyl (C=O) groups excluding carboxylic acids is 3. The van der Waals surface area contributed by atoms with E-state index in [-0.39, 0.29) is 5.56 Å². The molecule has 0 heterocycles. The van der Waals surface area contributed by atoms with E-state index in [1.165, 1.54) is 6.21 Å². The predicted molar refractivity (Wildman–Crippen MR) is 118 cm³/mol. The van der Waals surface area contributed by atoms with Crippen LogP contribution in [0.5, 0.6) is 5.75 Å². The van der Waals surface area contributed by atoms with E-state index in [0.29, 0.717) is 22.0 Å². The van der Waals surface area contributed by atoms with Crippen molar-refractivity contribution < 1.29 is 19.1 Å². The maximum Gasteiger partial charge on any atom is 0.345 e. The lowest BCUT2D eigenvalue weighted by molar-refractivity contribution is -0.136. The van der Waals surface area contributed by atoms with Gasteiger partial charge in [-0.15, -0.1) is 0 Å². The second kappa shape index (κ2) is 10.2. The van der Waals surface area contributed by atoms with Crippen molar-refractivity contribution >= 4 is 41.3 Å². The lowest BCUT2D eigenvalue weighted by Gasteiger charge is -2.06. The van der Waals surface area contributed by atoms with E-state index in [4.69, 9.17) is 16.3 Å². The van der Waals surface area contributed by atoms with Gasteiger partial charge in [0.15, 0.2) is 0 Å². The summed E-state index contributed by atoms with van der Waals surface area (Å²) < 4.78 is 5.28. The Labute approximate surface area is 183 Å². The molecule has 0 saturated heterocycles. The molecule has 3 aromatic rings. The number of aryl methyl sites for hydroxylation is 1. The largest absolute Gasteiger partial charge is 0.423 e. The van der Waals surface area contributed by atoms with Gasteiger partial charge in [-0.25, -0.2) is 10.2 Å². The van der Waals surface area contributed by atoms with Gasteiger partial charge in [0, 0.05) is 5.69 Å². The zero-order valence-corrected chi connectivity index (χ0v) is 17.2. The summed E-state index contributed by atoms with van der Waals surface area (Å²) in [7, 11) is 0. The number of nitrogens with one attached hydrogen (secondary N) is 2. The lowest BCUT2D eigenvalue weighted by atomic mass is 10.2. The highest BCUT2D eigenvalue weighted by molar-refractivity contribution is 6.39. The Kier molecular flexibility index (Phi) is 7.13. The molecule has 0 aliphatic heterocycles. The Hall–Kier alpha value is -3.97. The number of anilines is 1. The number of hydrazone groups is 1. The SMILES string of the molecule is Cc1ccc(NC(=O)C(=O)N/N=C/c2ccc(OC(=O)c3ccccc3Cl)cc2)cc1. The van der Waals surface area contributed by atoms with Crippen LogP contribution < -0.4 is 15.5 Å². The van der Waals surface area contributed by atoms with Gasteiger partial charge < -0.3 is 10.1 Å².